The van der Waals surface area contributed by atoms with Crippen LogP contribution in [0.2, 0.25) is 5.15 Å². The van der Waals surface area contributed by atoms with Gasteiger partial charge < -0.3 is 4.74 Å². The molecule has 1 rings (SSSR count). The summed E-state index contributed by atoms with van der Waals surface area (Å²) in [5.41, 5.74) is -0.415. The number of hydrogen-bond donors (Lipinski definition) is 0. The number of rotatable bonds is 2. The largest absolute Gasteiger partial charge is 0.468 e. The number of hydrogen-bond acceptors (Lipinski definition) is 3. The van der Waals surface area contributed by atoms with Gasteiger partial charge in [0.1, 0.15) is 11.0 Å². The van der Waals surface area contributed by atoms with Gasteiger partial charge in [0.25, 0.3) is 0 Å². The monoisotopic (exact) mass is 268 g/mol. The smallest absolute Gasteiger partial charge is 0.422 e. The Bertz CT molecular complexity index is 402. The molecule has 0 bridgehead atoms. The Kier molecular flexibility index (Phi) is 3.86. The number of halogens is 4. The van der Waals surface area contributed by atoms with Gasteiger partial charge in [-0.1, -0.05) is 32.4 Å². The highest BCUT2D eigenvalue weighted by Crippen LogP contribution is 2.24. The molecule has 0 spiro atoms. The molecule has 1 heterocycles. The molecule has 0 unspecified atom stereocenters. The number of ether oxygens (including phenoxy) is 1. The number of aromatic nitrogens is 2. The lowest BCUT2D eigenvalue weighted by molar-refractivity contribution is -0.154. The Morgan fingerprint density at radius 2 is 1.82 bits per heavy atom. The van der Waals surface area contributed by atoms with E-state index in [4.69, 9.17) is 11.6 Å². The molecule has 0 aromatic carbocycles. The molecular formula is C10H12ClF3N2O. The van der Waals surface area contributed by atoms with Crippen molar-refractivity contribution in [3.8, 4) is 5.88 Å². The fraction of sp³-hybridized carbons (Fsp3) is 0.600. The molecule has 0 N–H and O–H groups in total. The predicted molar refractivity (Wildman–Crippen MR) is 57.3 cm³/mol. The average molecular weight is 269 g/mol. The summed E-state index contributed by atoms with van der Waals surface area (Å²) in [5.74, 6) is 0.162. The van der Waals surface area contributed by atoms with E-state index in [9.17, 15) is 13.2 Å². The molecule has 0 aliphatic carbocycles. The summed E-state index contributed by atoms with van der Waals surface area (Å²) in [6.45, 7) is 4.08. The third kappa shape index (κ3) is 4.77. The minimum atomic E-state index is -4.40. The van der Waals surface area contributed by atoms with Gasteiger partial charge in [-0.15, -0.1) is 0 Å². The highest BCUT2D eigenvalue weighted by molar-refractivity contribution is 6.29. The van der Waals surface area contributed by atoms with Gasteiger partial charge in [0, 0.05) is 11.5 Å². The van der Waals surface area contributed by atoms with E-state index in [1.165, 1.54) is 0 Å². The van der Waals surface area contributed by atoms with E-state index < -0.39 is 18.2 Å². The molecule has 0 aliphatic rings. The van der Waals surface area contributed by atoms with Crippen molar-refractivity contribution in [2.75, 3.05) is 6.61 Å². The Morgan fingerprint density at radius 3 is 2.29 bits per heavy atom. The maximum atomic E-state index is 12.0. The lowest BCUT2D eigenvalue weighted by atomic mass is 9.96. The quantitative estimate of drug-likeness (QED) is 0.772. The lowest BCUT2D eigenvalue weighted by Gasteiger charge is -2.17. The standard InChI is InChI=1S/C10H12ClF3N2O/c1-9(2,3)8-15-6(11)4-7(16-8)17-5-10(12,13)14/h4H,5H2,1-3H3. The van der Waals surface area contributed by atoms with Crippen molar-refractivity contribution >= 4 is 11.6 Å². The average Bonchev–Trinajstić information content (AvgIpc) is 2.11. The van der Waals surface area contributed by atoms with Crippen LogP contribution in [0.1, 0.15) is 26.6 Å². The van der Waals surface area contributed by atoms with Gasteiger partial charge in [-0.2, -0.15) is 18.2 Å². The van der Waals surface area contributed by atoms with Gasteiger partial charge in [0.05, 0.1) is 0 Å². The molecule has 17 heavy (non-hydrogen) atoms. The Hall–Kier alpha value is -1.04. The summed E-state index contributed by atoms with van der Waals surface area (Å²) in [6.07, 6.45) is -4.40. The third-order valence-electron chi connectivity index (χ3n) is 1.73. The second kappa shape index (κ2) is 4.68. The predicted octanol–water partition coefficient (Wildman–Crippen LogP) is 3.37. The second-order valence-corrected chi connectivity index (χ2v) is 4.89. The fourth-order valence-corrected chi connectivity index (χ4v) is 1.14. The van der Waals surface area contributed by atoms with E-state index >= 15 is 0 Å². The molecule has 1 aromatic heterocycles. The van der Waals surface area contributed by atoms with Crippen LogP contribution < -0.4 is 4.74 Å². The van der Waals surface area contributed by atoms with Gasteiger partial charge in [0.2, 0.25) is 5.88 Å². The van der Waals surface area contributed by atoms with Crippen LogP contribution in [0.3, 0.4) is 0 Å². The molecule has 0 saturated carbocycles. The second-order valence-electron chi connectivity index (χ2n) is 4.51. The number of alkyl halides is 3. The van der Waals surface area contributed by atoms with Gasteiger partial charge in [-0.3, -0.25) is 0 Å². The molecule has 0 amide bonds. The van der Waals surface area contributed by atoms with Crippen molar-refractivity contribution < 1.29 is 17.9 Å². The minimum absolute atomic E-state index is 0.0575. The molecule has 0 fully saturated rings. The minimum Gasteiger partial charge on any atom is -0.468 e. The third-order valence-corrected chi connectivity index (χ3v) is 1.92. The van der Waals surface area contributed by atoms with Crippen LogP contribution in [0.25, 0.3) is 0 Å². The first-order chi connectivity index (χ1) is 7.58. The van der Waals surface area contributed by atoms with E-state index in [1.54, 1.807) is 0 Å². The van der Waals surface area contributed by atoms with Crippen molar-refractivity contribution in [1.82, 2.24) is 9.97 Å². The highest BCUT2D eigenvalue weighted by atomic mass is 35.5. The van der Waals surface area contributed by atoms with E-state index in [0.717, 1.165) is 6.07 Å². The summed E-state index contributed by atoms with van der Waals surface area (Å²) in [7, 11) is 0. The molecule has 7 heteroatoms. The van der Waals surface area contributed by atoms with Crippen molar-refractivity contribution in [3.63, 3.8) is 0 Å². The van der Waals surface area contributed by atoms with Crippen LogP contribution in [-0.2, 0) is 5.41 Å². The first kappa shape index (κ1) is 14.0. The van der Waals surface area contributed by atoms with Gasteiger partial charge in [-0.25, -0.2) is 4.98 Å². The topological polar surface area (TPSA) is 35.0 Å². The van der Waals surface area contributed by atoms with E-state index in [1.807, 2.05) is 20.8 Å². The first-order valence-electron chi connectivity index (χ1n) is 4.82. The maximum absolute atomic E-state index is 12.0. The first-order valence-corrected chi connectivity index (χ1v) is 5.20. The normalized spacial score (nSPS) is 12.6. The Balaban J connectivity index is 2.91. The summed E-state index contributed by atoms with van der Waals surface area (Å²) < 4.78 is 40.5. The molecule has 0 aliphatic heterocycles. The zero-order valence-electron chi connectivity index (χ0n) is 9.60. The van der Waals surface area contributed by atoms with Crippen molar-refractivity contribution in [2.45, 2.75) is 32.4 Å². The Labute approximate surface area is 102 Å². The molecule has 3 nitrogen and oxygen atoms in total. The van der Waals surface area contributed by atoms with Crippen LogP contribution in [0.4, 0.5) is 13.2 Å². The molecule has 0 atom stereocenters. The lowest BCUT2D eigenvalue weighted by Crippen LogP contribution is -2.21. The van der Waals surface area contributed by atoms with E-state index in [-0.39, 0.29) is 11.0 Å². The van der Waals surface area contributed by atoms with E-state index in [2.05, 4.69) is 14.7 Å². The van der Waals surface area contributed by atoms with Gasteiger partial charge in [0.15, 0.2) is 6.61 Å². The summed E-state index contributed by atoms with van der Waals surface area (Å²) in [5, 5.41) is 0.0575. The van der Waals surface area contributed by atoms with Crippen molar-refractivity contribution in [2.24, 2.45) is 0 Å². The molecule has 0 saturated heterocycles. The maximum Gasteiger partial charge on any atom is 0.422 e. The van der Waals surface area contributed by atoms with Crippen LogP contribution in [0.5, 0.6) is 5.88 Å². The number of nitrogens with zero attached hydrogens (tertiary/aromatic N) is 2. The van der Waals surface area contributed by atoms with Crippen LogP contribution in [0, 0.1) is 0 Å². The molecular weight excluding hydrogens is 257 g/mol. The molecule has 1 aromatic rings. The van der Waals surface area contributed by atoms with Crippen LogP contribution in [-0.4, -0.2) is 22.8 Å². The Morgan fingerprint density at radius 1 is 1.24 bits per heavy atom. The van der Waals surface area contributed by atoms with E-state index in [0.29, 0.717) is 5.82 Å². The van der Waals surface area contributed by atoms with Crippen LogP contribution in [0.15, 0.2) is 6.07 Å². The molecule has 96 valence electrons. The van der Waals surface area contributed by atoms with Crippen LogP contribution >= 0.6 is 11.6 Å². The van der Waals surface area contributed by atoms with Gasteiger partial charge >= 0.3 is 6.18 Å². The SMILES string of the molecule is CC(C)(C)c1nc(Cl)cc(OCC(F)(F)F)n1. The zero-order valence-corrected chi connectivity index (χ0v) is 10.4. The zero-order chi connectivity index (χ0) is 13.3. The van der Waals surface area contributed by atoms with Gasteiger partial charge in [-0.05, 0) is 0 Å². The fourth-order valence-electron chi connectivity index (χ4n) is 0.962. The molecule has 0 radical (unpaired) electrons. The van der Waals surface area contributed by atoms with Crippen molar-refractivity contribution in [1.29, 1.82) is 0 Å². The highest BCUT2D eigenvalue weighted by Gasteiger charge is 2.29. The summed E-state index contributed by atoms with van der Waals surface area (Å²) in [4.78, 5) is 7.83. The van der Waals surface area contributed by atoms with Crippen molar-refractivity contribution in [3.05, 3.63) is 17.0 Å². The summed E-state index contributed by atoms with van der Waals surface area (Å²) in [6, 6.07) is 1.16. The summed E-state index contributed by atoms with van der Waals surface area (Å²) >= 11 is 5.69.